The van der Waals surface area contributed by atoms with Crippen molar-refractivity contribution in [1.29, 1.82) is 0 Å². The quantitative estimate of drug-likeness (QED) is 0.418. The fourth-order valence-corrected chi connectivity index (χ4v) is 1.36. The lowest BCUT2D eigenvalue weighted by molar-refractivity contribution is 0.0938. The molecule has 1 amide bonds. The van der Waals surface area contributed by atoms with Gasteiger partial charge in [0, 0.05) is 5.69 Å². The Kier molecular flexibility index (Phi) is 4.00. The number of nitrogens with two attached hydrogens (primary N) is 1. The number of nitrogens with one attached hydrogen (secondary N) is 1. The van der Waals surface area contributed by atoms with Crippen LogP contribution in [-0.2, 0) is 0 Å². The van der Waals surface area contributed by atoms with Gasteiger partial charge in [0.15, 0.2) is 0 Å². The van der Waals surface area contributed by atoms with Crippen molar-refractivity contribution < 1.29 is 9.90 Å². The summed E-state index contributed by atoms with van der Waals surface area (Å²) in [6.45, 7) is 3.83. The normalized spacial score (nSPS) is 11.9. The zero-order valence-electron chi connectivity index (χ0n) is 9.90. The van der Waals surface area contributed by atoms with Gasteiger partial charge < -0.3 is 16.2 Å². The highest BCUT2D eigenvalue weighted by Crippen LogP contribution is 2.18. The molecule has 1 unspecified atom stereocenters. The third kappa shape index (κ3) is 3.15. The third-order valence-electron chi connectivity index (χ3n) is 2.41. The summed E-state index contributed by atoms with van der Waals surface area (Å²) < 4.78 is 0. The average Bonchev–Trinajstić information content (AvgIpc) is 2.28. The summed E-state index contributed by atoms with van der Waals surface area (Å²) in [5.41, 5.74) is 6.19. The van der Waals surface area contributed by atoms with Crippen LogP contribution < -0.4 is 11.1 Å². The number of aromatic hydroxyl groups is 1. The van der Waals surface area contributed by atoms with Crippen molar-refractivity contribution in [1.82, 2.24) is 5.32 Å². The molecule has 0 spiro atoms. The Morgan fingerprint density at radius 3 is 2.71 bits per heavy atom. The largest absolute Gasteiger partial charge is 0.508 e. The maximum Gasteiger partial charge on any atom is 0.254 e. The summed E-state index contributed by atoms with van der Waals surface area (Å²) in [7, 11) is 0. The van der Waals surface area contributed by atoms with E-state index in [0.29, 0.717) is 5.69 Å². The summed E-state index contributed by atoms with van der Waals surface area (Å²) in [5.74, 6) is 2.24. The molecule has 17 heavy (non-hydrogen) atoms. The molecule has 0 fully saturated rings. The van der Waals surface area contributed by atoms with Crippen molar-refractivity contribution in [3.63, 3.8) is 0 Å². The molecule has 4 N–H and O–H groups in total. The highest BCUT2D eigenvalue weighted by Gasteiger charge is 2.16. The molecule has 0 aromatic heterocycles. The van der Waals surface area contributed by atoms with Gasteiger partial charge in [-0.3, -0.25) is 4.79 Å². The Balaban J connectivity index is 2.90. The van der Waals surface area contributed by atoms with Crippen LogP contribution in [0.1, 0.15) is 24.2 Å². The average molecular weight is 232 g/mol. The summed E-state index contributed by atoms with van der Waals surface area (Å²) in [4.78, 5) is 11.9. The van der Waals surface area contributed by atoms with Gasteiger partial charge in [-0.05, 0) is 24.1 Å². The van der Waals surface area contributed by atoms with Crippen LogP contribution >= 0.6 is 0 Å². The molecule has 0 saturated carbocycles. The van der Waals surface area contributed by atoms with E-state index in [4.69, 9.17) is 12.2 Å². The first-order valence-corrected chi connectivity index (χ1v) is 5.31. The SMILES string of the molecule is C#CC(NC(=O)c1cc(O)ccc1N)C(C)C. The van der Waals surface area contributed by atoms with Crippen molar-refractivity contribution in [3.8, 4) is 18.1 Å². The highest BCUT2D eigenvalue weighted by atomic mass is 16.3. The van der Waals surface area contributed by atoms with Gasteiger partial charge in [0.1, 0.15) is 5.75 Å². The molecule has 0 heterocycles. The summed E-state index contributed by atoms with van der Waals surface area (Å²) in [5, 5.41) is 12.0. The van der Waals surface area contributed by atoms with Crippen molar-refractivity contribution in [2.75, 3.05) is 5.73 Å². The number of hydrogen-bond acceptors (Lipinski definition) is 3. The maximum absolute atomic E-state index is 11.9. The van der Waals surface area contributed by atoms with Gasteiger partial charge in [-0.25, -0.2) is 0 Å². The van der Waals surface area contributed by atoms with Crippen LogP contribution in [0.5, 0.6) is 5.75 Å². The number of phenolic OH excluding ortho intramolecular Hbond substituents is 1. The van der Waals surface area contributed by atoms with Gasteiger partial charge in [0.05, 0.1) is 11.6 Å². The van der Waals surface area contributed by atoms with E-state index in [9.17, 15) is 9.90 Å². The standard InChI is InChI=1S/C13H16N2O2/c1-4-12(8(2)3)15-13(17)10-7-9(16)5-6-11(10)14/h1,5-8,12,16H,14H2,2-3H3,(H,15,17). The van der Waals surface area contributed by atoms with Crippen LogP contribution in [0.4, 0.5) is 5.69 Å². The fraction of sp³-hybridized carbons (Fsp3) is 0.308. The number of carbonyl (C=O) groups is 1. The molecule has 1 rings (SSSR count). The van der Waals surface area contributed by atoms with Gasteiger partial charge in [-0.2, -0.15) is 0 Å². The smallest absolute Gasteiger partial charge is 0.254 e. The monoisotopic (exact) mass is 232 g/mol. The zero-order valence-corrected chi connectivity index (χ0v) is 9.90. The van der Waals surface area contributed by atoms with E-state index < -0.39 is 0 Å². The number of amides is 1. The minimum atomic E-state index is -0.380. The zero-order chi connectivity index (χ0) is 13.0. The molecular weight excluding hydrogens is 216 g/mol. The molecule has 1 aromatic carbocycles. The van der Waals surface area contributed by atoms with Crippen LogP contribution in [0.25, 0.3) is 0 Å². The van der Waals surface area contributed by atoms with E-state index in [1.165, 1.54) is 18.2 Å². The number of rotatable bonds is 3. The number of terminal acetylenes is 1. The van der Waals surface area contributed by atoms with E-state index >= 15 is 0 Å². The van der Waals surface area contributed by atoms with Crippen LogP contribution in [0, 0.1) is 18.3 Å². The Hall–Kier alpha value is -2.15. The molecular formula is C13H16N2O2. The van der Waals surface area contributed by atoms with Crippen LogP contribution in [0.2, 0.25) is 0 Å². The highest BCUT2D eigenvalue weighted by molar-refractivity contribution is 5.99. The van der Waals surface area contributed by atoms with Crippen LogP contribution in [0.3, 0.4) is 0 Å². The summed E-state index contributed by atoms with van der Waals surface area (Å²) in [6, 6.07) is 3.86. The number of nitrogen functional groups attached to an aromatic ring is 1. The van der Waals surface area contributed by atoms with Crippen LogP contribution in [-0.4, -0.2) is 17.1 Å². The Morgan fingerprint density at radius 1 is 1.53 bits per heavy atom. The van der Waals surface area contributed by atoms with E-state index in [0.717, 1.165) is 0 Å². The minimum absolute atomic E-state index is 0.00819. The second-order valence-electron chi connectivity index (χ2n) is 4.13. The third-order valence-corrected chi connectivity index (χ3v) is 2.41. The Morgan fingerprint density at radius 2 is 2.18 bits per heavy atom. The van der Waals surface area contributed by atoms with Gasteiger partial charge >= 0.3 is 0 Å². The number of phenols is 1. The molecule has 4 nitrogen and oxygen atoms in total. The molecule has 0 radical (unpaired) electrons. The number of anilines is 1. The lowest BCUT2D eigenvalue weighted by atomic mass is 10.0. The van der Waals surface area contributed by atoms with Gasteiger partial charge in [0.2, 0.25) is 0 Å². The molecule has 0 bridgehead atoms. The maximum atomic E-state index is 11.9. The minimum Gasteiger partial charge on any atom is -0.508 e. The topological polar surface area (TPSA) is 75.3 Å². The molecule has 0 aliphatic carbocycles. The molecule has 0 aliphatic rings. The Labute approximate surface area is 101 Å². The van der Waals surface area contributed by atoms with Gasteiger partial charge in [-0.15, -0.1) is 6.42 Å². The first kappa shape index (κ1) is 12.9. The number of carbonyl (C=O) groups excluding carboxylic acids is 1. The predicted molar refractivity (Wildman–Crippen MR) is 67.4 cm³/mol. The van der Waals surface area contributed by atoms with Crippen molar-refractivity contribution in [2.45, 2.75) is 19.9 Å². The molecule has 90 valence electrons. The number of benzene rings is 1. The second-order valence-corrected chi connectivity index (χ2v) is 4.13. The Bertz CT molecular complexity index is 461. The van der Waals surface area contributed by atoms with E-state index in [-0.39, 0.29) is 29.2 Å². The van der Waals surface area contributed by atoms with Gasteiger partial charge in [-0.1, -0.05) is 19.8 Å². The van der Waals surface area contributed by atoms with Crippen molar-refractivity contribution >= 4 is 11.6 Å². The van der Waals surface area contributed by atoms with Crippen molar-refractivity contribution in [3.05, 3.63) is 23.8 Å². The second kappa shape index (κ2) is 5.26. The fourth-order valence-electron chi connectivity index (χ4n) is 1.36. The summed E-state index contributed by atoms with van der Waals surface area (Å²) >= 11 is 0. The first-order chi connectivity index (χ1) is 7.95. The van der Waals surface area contributed by atoms with E-state index in [2.05, 4.69) is 11.2 Å². The van der Waals surface area contributed by atoms with E-state index in [1.54, 1.807) is 0 Å². The lowest BCUT2D eigenvalue weighted by Gasteiger charge is -2.17. The summed E-state index contributed by atoms with van der Waals surface area (Å²) in [6.07, 6.45) is 5.32. The molecule has 1 aromatic rings. The molecule has 0 saturated heterocycles. The van der Waals surface area contributed by atoms with Gasteiger partial charge in [0.25, 0.3) is 5.91 Å². The van der Waals surface area contributed by atoms with Crippen molar-refractivity contribution in [2.24, 2.45) is 5.92 Å². The van der Waals surface area contributed by atoms with Crippen LogP contribution in [0.15, 0.2) is 18.2 Å². The lowest BCUT2D eigenvalue weighted by Crippen LogP contribution is -2.37. The molecule has 4 heteroatoms. The predicted octanol–water partition coefficient (Wildman–Crippen LogP) is 1.36. The molecule has 0 aliphatic heterocycles. The van der Waals surface area contributed by atoms with E-state index in [1.807, 2.05) is 13.8 Å². The molecule has 1 atom stereocenters. The number of hydrogen-bond donors (Lipinski definition) is 3. The first-order valence-electron chi connectivity index (χ1n) is 5.31.